The number of nitrogens with one attached hydrogen (secondary N) is 1. The van der Waals surface area contributed by atoms with E-state index in [9.17, 15) is 4.79 Å². The zero-order valence-electron chi connectivity index (χ0n) is 19.6. The minimum Gasteiger partial charge on any atom is -0.342 e. The second kappa shape index (κ2) is 7.69. The van der Waals surface area contributed by atoms with Gasteiger partial charge in [0.15, 0.2) is 0 Å². The van der Waals surface area contributed by atoms with Crippen LogP contribution in [0.3, 0.4) is 0 Å². The van der Waals surface area contributed by atoms with E-state index in [0.29, 0.717) is 5.39 Å². The lowest BCUT2D eigenvalue weighted by Gasteiger charge is -2.29. The van der Waals surface area contributed by atoms with Crippen molar-refractivity contribution in [2.45, 2.75) is 32.2 Å². The van der Waals surface area contributed by atoms with Gasteiger partial charge in [0.2, 0.25) is 5.95 Å². The highest BCUT2D eigenvalue weighted by atomic mass is 16.1. The third-order valence-corrected chi connectivity index (χ3v) is 7.23. The fraction of sp³-hybridized carbons (Fsp3) is 0.308. The van der Waals surface area contributed by atoms with E-state index in [0.717, 1.165) is 84.5 Å². The molecule has 35 heavy (non-hydrogen) atoms. The molecule has 1 saturated heterocycles. The summed E-state index contributed by atoms with van der Waals surface area (Å²) in [6, 6.07) is 12.2. The smallest absolute Gasteiger partial charge is 0.261 e. The Kier molecular flexibility index (Phi) is 4.45. The second-order valence-corrected chi connectivity index (χ2v) is 9.39. The third-order valence-electron chi connectivity index (χ3n) is 7.23. The topological polar surface area (TPSA) is 85.3 Å². The van der Waals surface area contributed by atoms with Crippen LogP contribution in [0.15, 0.2) is 53.6 Å². The van der Waals surface area contributed by atoms with Crippen LogP contribution in [0.4, 0.5) is 17.5 Å². The van der Waals surface area contributed by atoms with Crippen LogP contribution in [0.25, 0.3) is 27.8 Å². The van der Waals surface area contributed by atoms with Crippen molar-refractivity contribution in [2.75, 3.05) is 23.3 Å². The number of hydrogen-bond acceptors (Lipinski definition) is 6. The van der Waals surface area contributed by atoms with Crippen molar-refractivity contribution >= 4 is 34.0 Å². The van der Waals surface area contributed by atoms with E-state index in [1.54, 1.807) is 10.9 Å². The summed E-state index contributed by atoms with van der Waals surface area (Å²) in [5, 5.41) is 8.56. The molecule has 0 spiro atoms. The van der Waals surface area contributed by atoms with Crippen LogP contribution in [0.1, 0.15) is 25.0 Å². The van der Waals surface area contributed by atoms with Crippen molar-refractivity contribution in [3.63, 3.8) is 0 Å². The van der Waals surface area contributed by atoms with Crippen molar-refractivity contribution in [1.29, 1.82) is 0 Å². The van der Waals surface area contributed by atoms with Gasteiger partial charge < -0.3 is 14.8 Å². The standard InChI is InChI=1S/C26H26N8O/c1-31-24-18(15-27-31)25(35)33-13-10-20(33)23(24)29-21-14-22-28-19(17-8-4-2-5-9-17)16-34(22)26(30-21)32-11-6-3-7-12-32/h2,4-5,8-9,14-16,29H,3,6-7,10-13H2,1H3. The molecule has 1 aromatic carbocycles. The summed E-state index contributed by atoms with van der Waals surface area (Å²) in [7, 11) is 1.87. The molecule has 7 rings (SSSR count). The Bertz CT molecular complexity index is 1640. The van der Waals surface area contributed by atoms with Gasteiger partial charge in [-0.2, -0.15) is 10.1 Å². The van der Waals surface area contributed by atoms with Gasteiger partial charge in [-0.15, -0.1) is 0 Å². The van der Waals surface area contributed by atoms with Crippen LogP contribution >= 0.6 is 0 Å². The third kappa shape index (κ3) is 3.14. The molecule has 9 nitrogen and oxygen atoms in total. The monoisotopic (exact) mass is 466 g/mol. The first-order valence-electron chi connectivity index (χ1n) is 12.2. The van der Waals surface area contributed by atoms with E-state index in [2.05, 4.69) is 38.0 Å². The quantitative estimate of drug-likeness (QED) is 0.434. The lowest BCUT2D eigenvalue weighted by Crippen LogP contribution is -2.34. The molecule has 1 N–H and O–H groups in total. The number of aryl methyl sites for hydroxylation is 1. The highest BCUT2D eigenvalue weighted by Crippen LogP contribution is 2.33. The predicted octanol–water partition coefficient (Wildman–Crippen LogP) is 3.73. The molecule has 0 aliphatic carbocycles. The summed E-state index contributed by atoms with van der Waals surface area (Å²) in [5.41, 5.74) is 5.59. The first-order chi connectivity index (χ1) is 17.2. The molecular weight excluding hydrogens is 440 g/mol. The second-order valence-electron chi connectivity index (χ2n) is 9.39. The minimum atomic E-state index is 0.0260. The van der Waals surface area contributed by atoms with E-state index < -0.39 is 0 Å². The van der Waals surface area contributed by atoms with Gasteiger partial charge in [0, 0.05) is 56.6 Å². The van der Waals surface area contributed by atoms with Crippen LogP contribution in [-0.4, -0.2) is 41.8 Å². The van der Waals surface area contributed by atoms with Gasteiger partial charge in [0.25, 0.3) is 5.56 Å². The Morgan fingerprint density at radius 1 is 1.00 bits per heavy atom. The molecule has 2 aliphatic rings. The lowest BCUT2D eigenvalue weighted by molar-refractivity contribution is 0.534. The zero-order chi connectivity index (χ0) is 23.5. The lowest BCUT2D eigenvalue weighted by atomic mass is 10.1. The summed E-state index contributed by atoms with van der Waals surface area (Å²) in [5.74, 6) is 1.62. The summed E-state index contributed by atoms with van der Waals surface area (Å²) in [6.45, 7) is 2.69. The average molecular weight is 467 g/mol. The van der Waals surface area contributed by atoms with Crippen molar-refractivity contribution < 1.29 is 0 Å². The predicted molar refractivity (Wildman–Crippen MR) is 136 cm³/mol. The first-order valence-corrected chi connectivity index (χ1v) is 12.2. The van der Waals surface area contributed by atoms with Gasteiger partial charge in [-0.25, -0.2) is 4.98 Å². The maximum absolute atomic E-state index is 12.8. The van der Waals surface area contributed by atoms with E-state index in [4.69, 9.17) is 9.97 Å². The molecule has 1 fully saturated rings. The molecule has 6 heterocycles. The fourth-order valence-corrected chi connectivity index (χ4v) is 5.35. The summed E-state index contributed by atoms with van der Waals surface area (Å²) >= 11 is 0. The number of rotatable bonds is 4. The van der Waals surface area contributed by atoms with Crippen molar-refractivity contribution in [3.8, 4) is 11.3 Å². The maximum atomic E-state index is 12.8. The van der Waals surface area contributed by atoms with Gasteiger partial charge in [-0.1, -0.05) is 30.3 Å². The van der Waals surface area contributed by atoms with Crippen LogP contribution in [-0.2, 0) is 20.0 Å². The normalized spacial score (nSPS) is 15.4. The SMILES string of the molecule is Cn1ncc2c(=O)n3c(c(Nc4cc5nc(-c6ccccc6)cn5c(N5CCCCC5)n4)c21)CC3. The highest BCUT2D eigenvalue weighted by Gasteiger charge is 2.26. The molecule has 0 unspecified atom stereocenters. The molecule has 4 aromatic heterocycles. The minimum absolute atomic E-state index is 0.0260. The van der Waals surface area contributed by atoms with E-state index in [1.165, 1.54) is 6.42 Å². The number of nitrogens with zero attached hydrogens (tertiary/aromatic N) is 7. The van der Waals surface area contributed by atoms with Crippen molar-refractivity contribution in [3.05, 3.63) is 64.8 Å². The Morgan fingerprint density at radius 3 is 2.60 bits per heavy atom. The van der Waals surface area contributed by atoms with Gasteiger partial charge in [0.05, 0.1) is 28.5 Å². The number of pyridine rings is 1. The van der Waals surface area contributed by atoms with E-state index >= 15 is 0 Å². The maximum Gasteiger partial charge on any atom is 0.261 e. The summed E-state index contributed by atoms with van der Waals surface area (Å²) in [4.78, 5) is 25.2. The number of piperidine rings is 1. The van der Waals surface area contributed by atoms with Crippen molar-refractivity contribution in [1.82, 2.24) is 28.7 Å². The molecule has 176 valence electrons. The summed E-state index contributed by atoms with van der Waals surface area (Å²) in [6.07, 6.45) is 8.16. The van der Waals surface area contributed by atoms with E-state index in [-0.39, 0.29) is 5.56 Å². The number of anilines is 3. The van der Waals surface area contributed by atoms with Crippen molar-refractivity contribution in [2.24, 2.45) is 7.05 Å². The Labute approximate surface area is 201 Å². The molecule has 5 aromatic rings. The first kappa shape index (κ1) is 20.3. The Morgan fingerprint density at radius 2 is 1.83 bits per heavy atom. The molecule has 9 heteroatoms. The van der Waals surface area contributed by atoms with Gasteiger partial charge in [0.1, 0.15) is 11.5 Å². The largest absolute Gasteiger partial charge is 0.342 e. The number of benzene rings is 1. The number of hydrogen-bond donors (Lipinski definition) is 1. The van der Waals surface area contributed by atoms with Crippen LogP contribution < -0.4 is 15.8 Å². The molecule has 0 radical (unpaired) electrons. The van der Waals surface area contributed by atoms with Gasteiger partial charge >= 0.3 is 0 Å². The molecule has 0 atom stereocenters. The zero-order valence-corrected chi connectivity index (χ0v) is 19.6. The molecule has 0 saturated carbocycles. The van der Waals surface area contributed by atoms with Crippen LogP contribution in [0.5, 0.6) is 0 Å². The summed E-state index contributed by atoms with van der Waals surface area (Å²) < 4.78 is 5.71. The van der Waals surface area contributed by atoms with E-state index in [1.807, 2.05) is 35.9 Å². The molecular formula is C26H26N8O. The molecule has 0 bridgehead atoms. The Hall–Kier alpha value is -4.14. The average Bonchev–Trinajstić information content (AvgIpc) is 3.47. The van der Waals surface area contributed by atoms with Gasteiger partial charge in [-0.3, -0.25) is 13.9 Å². The van der Waals surface area contributed by atoms with Crippen LogP contribution in [0.2, 0.25) is 0 Å². The van der Waals surface area contributed by atoms with Gasteiger partial charge in [-0.05, 0) is 19.3 Å². The number of aromatic nitrogens is 6. The fourth-order valence-electron chi connectivity index (χ4n) is 5.35. The molecule has 2 aliphatic heterocycles. The molecule has 0 amide bonds. The highest BCUT2D eigenvalue weighted by molar-refractivity contribution is 5.93. The number of imidazole rings is 1. The Balaban J connectivity index is 1.40. The number of fused-ring (bicyclic) bond motifs is 3. The van der Waals surface area contributed by atoms with Crippen LogP contribution in [0, 0.1) is 0 Å².